The topological polar surface area (TPSA) is 40.5 Å². The van der Waals surface area contributed by atoms with Crippen molar-refractivity contribution in [2.75, 3.05) is 0 Å². The molecule has 0 aliphatic rings. The molecule has 0 saturated carbocycles. The zero-order valence-electron chi connectivity index (χ0n) is 7.83. The van der Waals surface area contributed by atoms with E-state index in [1.165, 1.54) is 6.07 Å². The molecule has 0 atom stereocenters. The number of hydrogen-bond acceptors (Lipinski definition) is 2. The quantitative estimate of drug-likeness (QED) is 0.676. The molecule has 1 rings (SSSR count). The van der Waals surface area contributed by atoms with E-state index in [0.717, 1.165) is 12.0 Å². The first kappa shape index (κ1) is 10.8. The molecule has 0 fully saturated rings. The van der Waals surface area contributed by atoms with Gasteiger partial charge in [-0.1, -0.05) is 26.8 Å². The van der Waals surface area contributed by atoms with Crippen LogP contribution in [0, 0.1) is 0 Å². The zero-order valence-corrected chi connectivity index (χ0v) is 7.83. The van der Waals surface area contributed by atoms with Crippen molar-refractivity contribution >= 4 is 0 Å². The van der Waals surface area contributed by atoms with Gasteiger partial charge in [0.2, 0.25) is 0 Å². The van der Waals surface area contributed by atoms with Gasteiger partial charge in [-0.05, 0) is 18.1 Å². The Morgan fingerprint density at radius 2 is 1.75 bits per heavy atom. The lowest BCUT2D eigenvalue weighted by atomic mass is 10.1. The van der Waals surface area contributed by atoms with Crippen molar-refractivity contribution in [2.45, 2.75) is 27.2 Å². The van der Waals surface area contributed by atoms with Gasteiger partial charge in [-0.25, -0.2) is 0 Å². The smallest absolute Gasteiger partial charge is 0.122 e. The normalized spacial score (nSPS) is 8.58. The molecule has 0 heterocycles. The summed E-state index contributed by atoms with van der Waals surface area (Å²) >= 11 is 0. The molecule has 0 aliphatic heterocycles. The first-order valence-corrected chi connectivity index (χ1v) is 4.25. The summed E-state index contributed by atoms with van der Waals surface area (Å²) in [6.45, 7) is 5.95. The fraction of sp³-hybridized carbons (Fsp3) is 0.400. The summed E-state index contributed by atoms with van der Waals surface area (Å²) < 4.78 is 0. The Kier molecular flexibility index (Phi) is 4.93. The van der Waals surface area contributed by atoms with E-state index in [9.17, 15) is 0 Å². The molecule has 0 aliphatic carbocycles. The van der Waals surface area contributed by atoms with Crippen LogP contribution in [0.5, 0.6) is 11.5 Å². The maximum Gasteiger partial charge on any atom is 0.122 e. The van der Waals surface area contributed by atoms with Crippen molar-refractivity contribution in [1.82, 2.24) is 0 Å². The molecule has 12 heavy (non-hydrogen) atoms. The highest BCUT2D eigenvalue weighted by Crippen LogP contribution is 2.22. The molecular weight excluding hydrogens is 152 g/mol. The van der Waals surface area contributed by atoms with Gasteiger partial charge in [-0.15, -0.1) is 0 Å². The second-order valence-electron chi connectivity index (χ2n) is 2.17. The van der Waals surface area contributed by atoms with Gasteiger partial charge in [0, 0.05) is 6.07 Å². The van der Waals surface area contributed by atoms with Crippen LogP contribution in [0.3, 0.4) is 0 Å². The van der Waals surface area contributed by atoms with Gasteiger partial charge in [-0.3, -0.25) is 0 Å². The number of phenols is 2. The Balaban J connectivity index is 0.000000561. The second-order valence-corrected chi connectivity index (χ2v) is 2.17. The molecule has 0 amide bonds. The number of phenolic OH excluding ortho intramolecular Hbond substituents is 2. The van der Waals surface area contributed by atoms with Crippen LogP contribution < -0.4 is 0 Å². The highest BCUT2D eigenvalue weighted by atomic mass is 16.3. The lowest BCUT2D eigenvalue weighted by Gasteiger charge is -1.99. The third kappa shape index (κ3) is 2.82. The van der Waals surface area contributed by atoms with E-state index in [1.807, 2.05) is 20.8 Å². The number of aryl methyl sites for hydroxylation is 1. The van der Waals surface area contributed by atoms with E-state index in [4.69, 9.17) is 10.2 Å². The van der Waals surface area contributed by atoms with Crippen LogP contribution >= 0.6 is 0 Å². The van der Waals surface area contributed by atoms with Gasteiger partial charge >= 0.3 is 0 Å². The summed E-state index contributed by atoms with van der Waals surface area (Å²) in [6, 6.07) is 4.63. The predicted molar refractivity (Wildman–Crippen MR) is 50.5 cm³/mol. The standard InChI is InChI=1S/C8H10O2.C2H6/c1-2-6-3-4-7(9)5-8(6)10;1-2/h3-5,9-10H,2H2,1H3;1-2H3. The molecule has 68 valence electrons. The fourth-order valence-corrected chi connectivity index (χ4v) is 0.851. The van der Waals surface area contributed by atoms with E-state index in [-0.39, 0.29) is 11.5 Å². The average molecular weight is 168 g/mol. The number of benzene rings is 1. The average Bonchev–Trinajstić information content (AvgIpc) is 2.08. The minimum Gasteiger partial charge on any atom is -0.508 e. The van der Waals surface area contributed by atoms with Gasteiger partial charge < -0.3 is 10.2 Å². The Morgan fingerprint density at radius 3 is 2.17 bits per heavy atom. The largest absolute Gasteiger partial charge is 0.508 e. The molecule has 1 aromatic carbocycles. The highest BCUT2D eigenvalue weighted by Gasteiger charge is 1.97. The zero-order chi connectivity index (χ0) is 9.56. The van der Waals surface area contributed by atoms with Crippen LogP contribution in [-0.2, 0) is 6.42 Å². The van der Waals surface area contributed by atoms with Gasteiger partial charge in [0.15, 0.2) is 0 Å². The highest BCUT2D eigenvalue weighted by molar-refractivity contribution is 5.38. The molecule has 0 unspecified atom stereocenters. The molecule has 1 aromatic rings. The summed E-state index contributed by atoms with van der Waals surface area (Å²) in [6.07, 6.45) is 0.784. The number of rotatable bonds is 1. The minimum atomic E-state index is 0.106. The molecule has 0 aromatic heterocycles. The lowest BCUT2D eigenvalue weighted by molar-refractivity contribution is 0.446. The molecule has 0 bridgehead atoms. The minimum absolute atomic E-state index is 0.106. The van der Waals surface area contributed by atoms with E-state index in [0.29, 0.717) is 0 Å². The summed E-state index contributed by atoms with van der Waals surface area (Å²) in [4.78, 5) is 0. The van der Waals surface area contributed by atoms with Gasteiger partial charge in [0.05, 0.1) is 0 Å². The van der Waals surface area contributed by atoms with Crippen LogP contribution in [0.15, 0.2) is 18.2 Å². The maximum absolute atomic E-state index is 9.13. The molecule has 0 spiro atoms. The Labute approximate surface area is 73.5 Å². The molecule has 2 nitrogen and oxygen atoms in total. The van der Waals surface area contributed by atoms with Gasteiger partial charge in [-0.2, -0.15) is 0 Å². The number of hydrogen-bond donors (Lipinski definition) is 2. The monoisotopic (exact) mass is 168 g/mol. The van der Waals surface area contributed by atoms with Crippen molar-refractivity contribution < 1.29 is 10.2 Å². The van der Waals surface area contributed by atoms with Crippen LogP contribution in [0.25, 0.3) is 0 Å². The first-order chi connectivity index (χ1) is 5.74. The Morgan fingerprint density at radius 1 is 1.17 bits per heavy atom. The molecule has 0 radical (unpaired) electrons. The third-order valence-corrected chi connectivity index (χ3v) is 1.45. The van der Waals surface area contributed by atoms with E-state index < -0.39 is 0 Å². The van der Waals surface area contributed by atoms with Crippen LogP contribution in [0.4, 0.5) is 0 Å². The molecular formula is C10H16O2. The van der Waals surface area contributed by atoms with Gasteiger partial charge in [0.25, 0.3) is 0 Å². The van der Waals surface area contributed by atoms with Crippen molar-refractivity contribution in [3.63, 3.8) is 0 Å². The SMILES string of the molecule is CC.CCc1ccc(O)cc1O. The second kappa shape index (κ2) is 5.47. The van der Waals surface area contributed by atoms with E-state index in [2.05, 4.69) is 0 Å². The van der Waals surface area contributed by atoms with Crippen molar-refractivity contribution in [3.05, 3.63) is 23.8 Å². The summed E-state index contributed by atoms with van der Waals surface area (Å²) in [5.74, 6) is 0.275. The summed E-state index contributed by atoms with van der Waals surface area (Å²) in [5, 5.41) is 18.0. The van der Waals surface area contributed by atoms with E-state index in [1.54, 1.807) is 12.1 Å². The summed E-state index contributed by atoms with van der Waals surface area (Å²) in [7, 11) is 0. The maximum atomic E-state index is 9.13. The Bertz CT molecular complexity index is 231. The Hall–Kier alpha value is -1.18. The first-order valence-electron chi connectivity index (χ1n) is 4.25. The van der Waals surface area contributed by atoms with Crippen LogP contribution in [0.2, 0.25) is 0 Å². The number of aromatic hydroxyl groups is 2. The summed E-state index contributed by atoms with van der Waals surface area (Å²) in [5.41, 5.74) is 0.859. The van der Waals surface area contributed by atoms with Crippen molar-refractivity contribution in [3.8, 4) is 11.5 Å². The van der Waals surface area contributed by atoms with Crippen LogP contribution in [0.1, 0.15) is 26.3 Å². The molecule has 2 N–H and O–H groups in total. The molecule has 0 saturated heterocycles. The fourth-order valence-electron chi connectivity index (χ4n) is 0.851. The van der Waals surface area contributed by atoms with Crippen molar-refractivity contribution in [2.24, 2.45) is 0 Å². The van der Waals surface area contributed by atoms with Gasteiger partial charge in [0.1, 0.15) is 11.5 Å². The lowest BCUT2D eigenvalue weighted by Crippen LogP contribution is -1.79. The van der Waals surface area contributed by atoms with Crippen LogP contribution in [-0.4, -0.2) is 10.2 Å². The predicted octanol–water partition coefficient (Wildman–Crippen LogP) is 2.69. The third-order valence-electron chi connectivity index (χ3n) is 1.45. The van der Waals surface area contributed by atoms with E-state index >= 15 is 0 Å². The molecule has 2 heteroatoms. The van der Waals surface area contributed by atoms with Crippen molar-refractivity contribution in [1.29, 1.82) is 0 Å².